The fraction of sp³-hybridized carbons (Fsp3) is 0.200. The van der Waals surface area contributed by atoms with E-state index in [1.807, 2.05) is 0 Å². The molecule has 1 aliphatic heterocycles. The molecule has 0 amide bonds. The van der Waals surface area contributed by atoms with Gasteiger partial charge in [-0.25, -0.2) is 0 Å². The Kier molecular flexibility index (Phi) is 2.89. The van der Waals surface area contributed by atoms with Crippen LogP contribution < -0.4 is 4.90 Å². The maximum absolute atomic E-state index is 3.53. The highest BCUT2D eigenvalue weighted by Gasteiger charge is 2.15. The average Bonchev–Trinajstić information content (AvgIpc) is 2.38. The maximum Gasteiger partial charge on any atom is 0.0432 e. The molecule has 0 aromatic heterocycles. The van der Waals surface area contributed by atoms with E-state index in [0.29, 0.717) is 0 Å². The predicted octanol–water partition coefficient (Wildman–Crippen LogP) is 4.01. The van der Waals surface area contributed by atoms with Crippen LogP contribution >= 0.6 is 15.9 Å². The normalized spacial score (nSPS) is 14.5. The fourth-order valence-corrected chi connectivity index (χ4v) is 2.78. The minimum Gasteiger partial charge on any atom is -0.367 e. The highest BCUT2D eigenvalue weighted by Crippen LogP contribution is 2.26. The maximum atomic E-state index is 3.53. The van der Waals surface area contributed by atoms with Crippen LogP contribution in [0, 0.1) is 0 Å². The van der Waals surface area contributed by atoms with Crippen LogP contribution in [-0.2, 0) is 13.0 Å². The molecule has 0 unspecified atom stereocenters. The van der Waals surface area contributed by atoms with Crippen LogP contribution in [0.1, 0.15) is 11.1 Å². The van der Waals surface area contributed by atoms with Gasteiger partial charge in [0, 0.05) is 23.2 Å². The summed E-state index contributed by atoms with van der Waals surface area (Å²) in [6, 6.07) is 17.3. The van der Waals surface area contributed by atoms with E-state index < -0.39 is 0 Å². The van der Waals surface area contributed by atoms with Crippen LogP contribution in [0.5, 0.6) is 0 Å². The molecular formula is C15H14BrN. The number of hydrogen-bond acceptors (Lipinski definition) is 1. The first-order valence-electron chi connectivity index (χ1n) is 5.90. The van der Waals surface area contributed by atoms with Gasteiger partial charge in [0.1, 0.15) is 0 Å². The van der Waals surface area contributed by atoms with Gasteiger partial charge >= 0.3 is 0 Å². The second-order valence-electron chi connectivity index (χ2n) is 4.42. The molecule has 86 valence electrons. The third-order valence-corrected chi connectivity index (χ3v) is 3.80. The van der Waals surface area contributed by atoms with Crippen molar-refractivity contribution in [3.63, 3.8) is 0 Å². The Morgan fingerprint density at radius 1 is 0.941 bits per heavy atom. The first kappa shape index (κ1) is 10.8. The molecule has 1 nitrogen and oxygen atoms in total. The second-order valence-corrected chi connectivity index (χ2v) is 5.34. The molecule has 0 bridgehead atoms. The van der Waals surface area contributed by atoms with Crippen LogP contribution in [-0.4, -0.2) is 6.54 Å². The van der Waals surface area contributed by atoms with E-state index in [-0.39, 0.29) is 0 Å². The Labute approximate surface area is 110 Å². The standard InChI is InChI=1S/C15H14BrN/c16-14-6-3-7-15(10-14)17-9-8-12-4-1-2-5-13(12)11-17/h1-7,10H,8-9,11H2. The minimum atomic E-state index is 1.02. The first-order chi connectivity index (χ1) is 8.33. The zero-order valence-electron chi connectivity index (χ0n) is 9.57. The molecule has 2 aromatic rings. The van der Waals surface area contributed by atoms with Gasteiger partial charge in [0.05, 0.1) is 0 Å². The van der Waals surface area contributed by atoms with Gasteiger partial charge in [0.15, 0.2) is 0 Å². The lowest BCUT2D eigenvalue weighted by atomic mass is 9.99. The number of halogens is 1. The van der Waals surface area contributed by atoms with Crippen molar-refractivity contribution in [3.8, 4) is 0 Å². The molecule has 0 saturated heterocycles. The van der Waals surface area contributed by atoms with E-state index >= 15 is 0 Å². The number of nitrogens with zero attached hydrogens (tertiary/aromatic N) is 1. The molecule has 0 atom stereocenters. The lowest BCUT2D eigenvalue weighted by Gasteiger charge is -2.30. The van der Waals surface area contributed by atoms with Crippen LogP contribution in [0.4, 0.5) is 5.69 Å². The number of hydrogen-bond donors (Lipinski definition) is 0. The van der Waals surface area contributed by atoms with E-state index in [4.69, 9.17) is 0 Å². The Hall–Kier alpha value is -1.28. The summed E-state index contributed by atoms with van der Waals surface area (Å²) >= 11 is 3.53. The van der Waals surface area contributed by atoms with Crippen molar-refractivity contribution in [2.45, 2.75) is 13.0 Å². The molecule has 2 heteroatoms. The molecule has 0 fully saturated rings. The Morgan fingerprint density at radius 2 is 1.76 bits per heavy atom. The molecule has 0 radical (unpaired) electrons. The SMILES string of the molecule is Brc1cccc(N2CCc3ccccc3C2)c1. The summed E-state index contributed by atoms with van der Waals surface area (Å²) in [5.41, 5.74) is 4.26. The monoisotopic (exact) mass is 287 g/mol. The van der Waals surface area contributed by atoms with Gasteiger partial charge in [-0.2, -0.15) is 0 Å². The smallest absolute Gasteiger partial charge is 0.0432 e. The Morgan fingerprint density at radius 3 is 2.59 bits per heavy atom. The number of benzene rings is 2. The van der Waals surface area contributed by atoms with Crippen molar-refractivity contribution in [2.75, 3.05) is 11.4 Å². The highest BCUT2D eigenvalue weighted by atomic mass is 79.9. The van der Waals surface area contributed by atoms with Crippen molar-refractivity contribution < 1.29 is 0 Å². The number of anilines is 1. The van der Waals surface area contributed by atoms with E-state index in [1.165, 1.54) is 16.8 Å². The number of fused-ring (bicyclic) bond motifs is 1. The van der Waals surface area contributed by atoms with Crippen LogP contribution in [0.15, 0.2) is 53.0 Å². The summed E-state index contributed by atoms with van der Waals surface area (Å²) in [4.78, 5) is 2.44. The van der Waals surface area contributed by atoms with Gasteiger partial charge in [-0.3, -0.25) is 0 Å². The number of rotatable bonds is 1. The van der Waals surface area contributed by atoms with Gasteiger partial charge in [-0.15, -0.1) is 0 Å². The van der Waals surface area contributed by atoms with E-state index in [9.17, 15) is 0 Å². The highest BCUT2D eigenvalue weighted by molar-refractivity contribution is 9.10. The van der Waals surface area contributed by atoms with E-state index in [1.54, 1.807) is 0 Å². The Bertz CT molecular complexity index is 536. The van der Waals surface area contributed by atoms with Gasteiger partial charge in [-0.1, -0.05) is 46.3 Å². The van der Waals surface area contributed by atoms with Crippen molar-refractivity contribution in [2.24, 2.45) is 0 Å². The largest absolute Gasteiger partial charge is 0.367 e. The second kappa shape index (κ2) is 4.53. The zero-order valence-corrected chi connectivity index (χ0v) is 11.2. The topological polar surface area (TPSA) is 3.24 Å². The van der Waals surface area contributed by atoms with Crippen molar-refractivity contribution in [3.05, 3.63) is 64.1 Å². The third kappa shape index (κ3) is 2.22. The summed E-state index contributed by atoms with van der Waals surface area (Å²) in [6.07, 6.45) is 1.14. The van der Waals surface area contributed by atoms with E-state index in [0.717, 1.165) is 24.0 Å². The lowest BCUT2D eigenvalue weighted by molar-refractivity contribution is 0.731. The van der Waals surface area contributed by atoms with Gasteiger partial charge in [0.2, 0.25) is 0 Å². The van der Waals surface area contributed by atoms with Crippen molar-refractivity contribution in [1.82, 2.24) is 0 Å². The molecule has 1 heterocycles. The zero-order chi connectivity index (χ0) is 11.7. The average molecular weight is 288 g/mol. The third-order valence-electron chi connectivity index (χ3n) is 3.30. The van der Waals surface area contributed by atoms with Gasteiger partial charge in [0.25, 0.3) is 0 Å². The summed E-state index contributed by atoms with van der Waals surface area (Å²) in [5, 5.41) is 0. The van der Waals surface area contributed by atoms with E-state index in [2.05, 4.69) is 69.4 Å². The molecule has 2 aromatic carbocycles. The lowest BCUT2D eigenvalue weighted by Crippen LogP contribution is -2.30. The van der Waals surface area contributed by atoms with Gasteiger partial charge < -0.3 is 4.90 Å². The molecule has 0 spiro atoms. The van der Waals surface area contributed by atoms with Crippen molar-refractivity contribution in [1.29, 1.82) is 0 Å². The van der Waals surface area contributed by atoms with Crippen molar-refractivity contribution >= 4 is 21.6 Å². The summed E-state index contributed by atoms with van der Waals surface area (Å²) < 4.78 is 1.15. The predicted molar refractivity (Wildman–Crippen MR) is 75.3 cm³/mol. The van der Waals surface area contributed by atoms with Crippen LogP contribution in [0.25, 0.3) is 0 Å². The molecule has 1 aliphatic rings. The van der Waals surface area contributed by atoms with Crippen LogP contribution in [0.3, 0.4) is 0 Å². The molecule has 0 N–H and O–H groups in total. The Balaban J connectivity index is 1.89. The molecular weight excluding hydrogens is 274 g/mol. The molecule has 17 heavy (non-hydrogen) atoms. The van der Waals surface area contributed by atoms with Gasteiger partial charge in [-0.05, 0) is 35.7 Å². The summed E-state index contributed by atoms with van der Waals surface area (Å²) in [6.45, 7) is 2.13. The quantitative estimate of drug-likeness (QED) is 0.766. The first-order valence-corrected chi connectivity index (χ1v) is 6.69. The molecule has 0 saturated carbocycles. The molecule has 3 rings (SSSR count). The minimum absolute atomic E-state index is 1.02. The summed E-state index contributed by atoms with van der Waals surface area (Å²) in [7, 11) is 0. The van der Waals surface area contributed by atoms with Crippen LogP contribution in [0.2, 0.25) is 0 Å². The summed E-state index contributed by atoms with van der Waals surface area (Å²) in [5.74, 6) is 0. The fourth-order valence-electron chi connectivity index (χ4n) is 2.39. The molecule has 0 aliphatic carbocycles.